The maximum atomic E-state index is 5.95. The molecule has 0 atom stereocenters. The number of benzene rings is 1. The lowest BCUT2D eigenvalue weighted by molar-refractivity contribution is 1.13. The molecule has 0 aliphatic rings. The molecule has 4 aromatic rings. The molecule has 1 N–H and O–H groups in total. The SMILES string of the molecule is Clc1ccc(Nc2c(-c3ccccn3)nc3cnccn23)cc1. The summed E-state index contributed by atoms with van der Waals surface area (Å²) in [6.45, 7) is 0. The fraction of sp³-hybridized carbons (Fsp3) is 0. The van der Waals surface area contributed by atoms with E-state index in [0.29, 0.717) is 5.02 Å². The summed E-state index contributed by atoms with van der Waals surface area (Å²) in [7, 11) is 0. The maximum absolute atomic E-state index is 5.95. The van der Waals surface area contributed by atoms with E-state index in [1.165, 1.54) is 0 Å². The first-order valence-electron chi connectivity index (χ1n) is 7.07. The molecular weight excluding hydrogens is 310 g/mol. The van der Waals surface area contributed by atoms with Crippen LogP contribution in [0.15, 0.2) is 67.3 Å². The van der Waals surface area contributed by atoms with Crippen LogP contribution in [0.2, 0.25) is 5.02 Å². The Bertz CT molecular complexity index is 948. The molecule has 0 saturated heterocycles. The molecule has 0 spiro atoms. The van der Waals surface area contributed by atoms with Crippen LogP contribution >= 0.6 is 11.6 Å². The van der Waals surface area contributed by atoms with Crippen molar-refractivity contribution in [3.05, 3.63) is 72.3 Å². The van der Waals surface area contributed by atoms with Crippen molar-refractivity contribution in [1.82, 2.24) is 19.4 Å². The van der Waals surface area contributed by atoms with Gasteiger partial charge in [-0.1, -0.05) is 17.7 Å². The van der Waals surface area contributed by atoms with Crippen molar-refractivity contribution in [3.63, 3.8) is 0 Å². The number of rotatable bonds is 3. The smallest absolute Gasteiger partial charge is 0.157 e. The molecule has 0 bridgehead atoms. The van der Waals surface area contributed by atoms with E-state index < -0.39 is 0 Å². The highest BCUT2D eigenvalue weighted by atomic mass is 35.5. The van der Waals surface area contributed by atoms with Gasteiger partial charge in [0, 0.05) is 29.3 Å². The van der Waals surface area contributed by atoms with Crippen LogP contribution in [-0.4, -0.2) is 19.4 Å². The van der Waals surface area contributed by atoms with E-state index in [0.717, 1.165) is 28.5 Å². The number of fused-ring (bicyclic) bond motifs is 1. The number of imidazole rings is 1. The molecule has 6 heteroatoms. The van der Waals surface area contributed by atoms with Gasteiger partial charge in [-0.25, -0.2) is 4.98 Å². The topological polar surface area (TPSA) is 55.1 Å². The minimum absolute atomic E-state index is 0.697. The summed E-state index contributed by atoms with van der Waals surface area (Å²) in [6.07, 6.45) is 7.07. The molecule has 0 aliphatic carbocycles. The molecule has 0 unspecified atom stereocenters. The van der Waals surface area contributed by atoms with E-state index in [1.807, 2.05) is 53.1 Å². The van der Waals surface area contributed by atoms with Crippen LogP contribution in [0.1, 0.15) is 0 Å². The normalized spacial score (nSPS) is 10.8. The summed E-state index contributed by atoms with van der Waals surface area (Å²) in [6, 6.07) is 13.3. The highest BCUT2D eigenvalue weighted by Gasteiger charge is 2.15. The van der Waals surface area contributed by atoms with Crippen molar-refractivity contribution in [1.29, 1.82) is 0 Å². The van der Waals surface area contributed by atoms with Crippen LogP contribution in [0.5, 0.6) is 0 Å². The van der Waals surface area contributed by atoms with Crippen molar-refractivity contribution in [2.75, 3.05) is 5.32 Å². The van der Waals surface area contributed by atoms with Crippen LogP contribution in [0.3, 0.4) is 0 Å². The molecule has 23 heavy (non-hydrogen) atoms. The minimum atomic E-state index is 0.697. The maximum Gasteiger partial charge on any atom is 0.157 e. The van der Waals surface area contributed by atoms with Gasteiger partial charge in [-0.2, -0.15) is 0 Å². The average molecular weight is 322 g/mol. The largest absolute Gasteiger partial charge is 0.339 e. The second-order valence-corrected chi connectivity index (χ2v) is 5.40. The first-order chi connectivity index (χ1) is 11.3. The fourth-order valence-electron chi connectivity index (χ4n) is 2.38. The summed E-state index contributed by atoms with van der Waals surface area (Å²) in [5.41, 5.74) is 3.25. The third-order valence-corrected chi connectivity index (χ3v) is 3.70. The predicted molar refractivity (Wildman–Crippen MR) is 91.0 cm³/mol. The molecule has 3 heterocycles. The molecule has 1 aromatic carbocycles. The third-order valence-electron chi connectivity index (χ3n) is 3.44. The standard InChI is InChI=1S/C17H12ClN5/c18-12-4-6-13(7-5-12)21-17-16(14-3-1-2-8-20-14)22-15-11-19-9-10-23(15)17/h1-11,21H. The minimum Gasteiger partial charge on any atom is -0.339 e. The Balaban J connectivity index is 1.87. The number of nitrogens with one attached hydrogen (secondary N) is 1. The summed E-state index contributed by atoms with van der Waals surface area (Å²) in [5, 5.41) is 4.09. The predicted octanol–water partition coefficient (Wildman–Crippen LogP) is 4.19. The third kappa shape index (κ3) is 2.62. The van der Waals surface area contributed by atoms with E-state index in [9.17, 15) is 0 Å². The lowest BCUT2D eigenvalue weighted by Gasteiger charge is -2.08. The molecule has 0 saturated carbocycles. The van der Waals surface area contributed by atoms with E-state index in [-0.39, 0.29) is 0 Å². The van der Waals surface area contributed by atoms with Crippen LogP contribution in [0, 0.1) is 0 Å². The number of hydrogen-bond acceptors (Lipinski definition) is 4. The number of hydrogen-bond donors (Lipinski definition) is 1. The number of nitrogens with zero attached hydrogens (tertiary/aromatic N) is 4. The monoisotopic (exact) mass is 321 g/mol. The van der Waals surface area contributed by atoms with Crippen LogP contribution in [-0.2, 0) is 0 Å². The summed E-state index contributed by atoms with van der Waals surface area (Å²) in [4.78, 5) is 13.2. The Labute approximate surface area is 137 Å². The Morgan fingerprint density at radius 2 is 1.87 bits per heavy atom. The molecule has 0 amide bonds. The second-order valence-electron chi connectivity index (χ2n) is 4.96. The van der Waals surface area contributed by atoms with Gasteiger partial charge < -0.3 is 5.32 Å². The fourth-order valence-corrected chi connectivity index (χ4v) is 2.50. The number of anilines is 2. The lowest BCUT2D eigenvalue weighted by Crippen LogP contribution is -1.97. The van der Waals surface area contributed by atoms with Gasteiger partial charge in [-0.15, -0.1) is 0 Å². The van der Waals surface area contributed by atoms with Gasteiger partial charge in [0.2, 0.25) is 0 Å². The van der Waals surface area contributed by atoms with Crippen molar-refractivity contribution >= 4 is 28.8 Å². The van der Waals surface area contributed by atoms with Crippen molar-refractivity contribution in [3.8, 4) is 11.4 Å². The zero-order chi connectivity index (χ0) is 15.6. The van der Waals surface area contributed by atoms with Crippen molar-refractivity contribution in [2.45, 2.75) is 0 Å². The van der Waals surface area contributed by atoms with Gasteiger partial charge >= 0.3 is 0 Å². The van der Waals surface area contributed by atoms with Gasteiger partial charge in [0.1, 0.15) is 11.5 Å². The summed E-state index contributed by atoms with van der Waals surface area (Å²) >= 11 is 5.95. The highest BCUT2D eigenvalue weighted by molar-refractivity contribution is 6.30. The van der Waals surface area contributed by atoms with Gasteiger partial charge in [0.05, 0.1) is 11.9 Å². The summed E-state index contributed by atoms with van der Waals surface area (Å²) in [5.74, 6) is 0.837. The second kappa shape index (κ2) is 5.70. The van der Waals surface area contributed by atoms with Crippen LogP contribution in [0.4, 0.5) is 11.5 Å². The quantitative estimate of drug-likeness (QED) is 0.614. The lowest BCUT2D eigenvalue weighted by atomic mass is 10.2. The molecular formula is C17H12ClN5. The van der Waals surface area contributed by atoms with Gasteiger partial charge in [-0.05, 0) is 36.4 Å². The Kier molecular flexibility index (Phi) is 3.40. The number of aromatic nitrogens is 4. The van der Waals surface area contributed by atoms with Gasteiger partial charge in [0.25, 0.3) is 0 Å². The molecule has 5 nitrogen and oxygen atoms in total. The van der Waals surface area contributed by atoms with E-state index >= 15 is 0 Å². The molecule has 4 rings (SSSR count). The van der Waals surface area contributed by atoms with E-state index in [2.05, 4.69) is 20.3 Å². The zero-order valence-electron chi connectivity index (χ0n) is 12.0. The molecule has 3 aromatic heterocycles. The zero-order valence-corrected chi connectivity index (χ0v) is 12.8. The van der Waals surface area contributed by atoms with Crippen molar-refractivity contribution in [2.24, 2.45) is 0 Å². The first kappa shape index (κ1) is 13.7. The van der Waals surface area contributed by atoms with Gasteiger partial charge in [0.15, 0.2) is 5.65 Å². The first-order valence-corrected chi connectivity index (χ1v) is 7.45. The molecule has 0 aliphatic heterocycles. The van der Waals surface area contributed by atoms with E-state index in [1.54, 1.807) is 18.6 Å². The van der Waals surface area contributed by atoms with Crippen molar-refractivity contribution < 1.29 is 0 Å². The highest BCUT2D eigenvalue weighted by Crippen LogP contribution is 2.29. The Hall–Kier alpha value is -2.92. The molecule has 112 valence electrons. The number of halogens is 1. The number of pyridine rings is 1. The molecule has 0 radical (unpaired) electrons. The average Bonchev–Trinajstić information content (AvgIpc) is 2.96. The molecule has 0 fully saturated rings. The van der Waals surface area contributed by atoms with Gasteiger partial charge in [-0.3, -0.25) is 14.4 Å². The van der Waals surface area contributed by atoms with Crippen LogP contribution in [0.25, 0.3) is 17.0 Å². The summed E-state index contributed by atoms with van der Waals surface area (Å²) < 4.78 is 1.95. The Morgan fingerprint density at radius 3 is 2.65 bits per heavy atom. The van der Waals surface area contributed by atoms with E-state index in [4.69, 9.17) is 11.6 Å². The Morgan fingerprint density at radius 1 is 1.00 bits per heavy atom. The van der Waals surface area contributed by atoms with Crippen LogP contribution < -0.4 is 5.32 Å².